The second-order valence-corrected chi connectivity index (χ2v) is 18.3. The normalized spacial score (nSPS) is 20.5. The molecule has 1 rings (SSSR count). The Morgan fingerprint density at radius 2 is 0.939 bits per heavy atom. The van der Waals surface area contributed by atoms with Crippen molar-refractivity contribution in [2.75, 3.05) is 13.2 Å². The number of nitrogens with one attached hydrogen (secondary N) is 1. The molecular formula is C57H99NO8. The summed E-state index contributed by atoms with van der Waals surface area (Å²) in [6, 6.07) is -0.730. The highest BCUT2D eigenvalue weighted by Gasteiger charge is 2.44. The molecule has 0 aromatic carbocycles. The van der Waals surface area contributed by atoms with E-state index in [4.69, 9.17) is 9.47 Å². The lowest BCUT2D eigenvalue weighted by Crippen LogP contribution is -2.60. The van der Waals surface area contributed by atoms with Gasteiger partial charge in [-0.3, -0.25) is 4.79 Å². The van der Waals surface area contributed by atoms with Crippen molar-refractivity contribution in [1.82, 2.24) is 5.32 Å². The molecule has 6 N–H and O–H groups in total. The van der Waals surface area contributed by atoms with Crippen molar-refractivity contribution in [2.45, 2.75) is 256 Å². The number of rotatable bonds is 44. The van der Waals surface area contributed by atoms with E-state index in [1.165, 1.54) is 89.9 Å². The summed E-state index contributed by atoms with van der Waals surface area (Å²) in [6.45, 7) is 3.71. The molecule has 1 aliphatic rings. The summed E-state index contributed by atoms with van der Waals surface area (Å²) in [5.74, 6) is -0.159. The zero-order chi connectivity index (χ0) is 48.0. The predicted octanol–water partition coefficient (Wildman–Crippen LogP) is 12.7. The van der Waals surface area contributed by atoms with Gasteiger partial charge in [0.15, 0.2) is 6.29 Å². The van der Waals surface area contributed by atoms with E-state index in [-0.39, 0.29) is 12.5 Å². The summed E-state index contributed by atoms with van der Waals surface area (Å²) in [5.41, 5.74) is 0. The lowest BCUT2D eigenvalue weighted by Gasteiger charge is -2.40. The first-order valence-corrected chi connectivity index (χ1v) is 26.8. The monoisotopic (exact) mass is 926 g/mol. The van der Waals surface area contributed by atoms with Gasteiger partial charge in [0.2, 0.25) is 5.91 Å². The quantitative estimate of drug-likeness (QED) is 0.0261. The van der Waals surface area contributed by atoms with E-state index < -0.39 is 49.5 Å². The van der Waals surface area contributed by atoms with Crippen LogP contribution in [0.25, 0.3) is 0 Å². The maximum atomic E-state index is 13.0. The molecule has 0 aromatic heterocycles. The number of carbonyl (C=O) groups is 1. The third-order valence-corrected chi connectivity index (χ3v) is 12.3. The van der Waals surface area contributed by atoms with E-state index in [0.717, 1.165) is 96.3 Å². The molecule has 7 unspecified atom stereocenters. The molecule has 380 valence electrons. The molecule has 0 aliphatic carbocycles. The molecule has 0 saturated carbocycles. The molecule has 66 heavy (non-hydrogen) atoms. The van der Waals surface area contributed by atoms with Crippen LogP contribution in [0.4, 0.5) is 0 Å². The summed E-state index contributed by atoms with van der Waals surface area (Å²) in [4.78, 5) is 13.0. The highest BCUT2D eigenvalue weighted by molar-refractivity contribution is 5.76. The van der Waals surface area contributed by atoms with Crippen LogP contribution >= 0.6 is 0 Å². The maximum absolute atomic E-state index is 13.0. The van der Waals surface area contributed by atoms with Gasteiger partial charge in [0, 0.05) is 6.42 Å². The lowest BCUT2D eigenvalue weighted by molar-refractivity contribution is -0.302. The summed E-state index contributed by atoms with van der Waals surface area (Å²) in [5, 5.41) is 54.5. The number of hydrogen-bond donors (Lipinski definition) is 6. The number of amides is 1. The van der Waals surface area contributed by atoms with Crippen LogP contribution in [0, 0.1) is 0 Å². The third-order valence-electron chi connectivity index (χ3n) is 12.3. The number of unbranched alkanes of at least 4 members (excludes halogenated alkanes) is 20. The molecule has 9 heteroatoms. The van der Waals surface area contributed by atoms with E-state index in [1.807, 2.05) is 0 Å². The smallest absolute Gasteiger partial charge is 0.220 e. The topological polar surface area (TPSA) is 149 Å². The zero-order valence-electron chi connectivity index (χ0n) is 41.9. The fraction of sp³-hybridized carbons (Fsp3) is 0.737. The van der Waals surface area contributed by atoms with Gasteiger partial charge in [-0.05, 0) is 70.6 Å². The fourth-order valence-electron chi connectivity index (χ4n) is 8.02. The molecule has 9 nitrogen and oxygen atoms in total. The molecule has 0 spiro atoms. The number of carbonyl (C=O) groups excluding carboxylic acids is 1. The van der Waals surface area contributed by atoms with E-state index in [2.05, 4.69) is 104 Å². The van der Waals surface area contributed by atoms with Crippen molar-refractivity contribution >= 4 is 5.91 Å². The van der Waals surface area contributed by atoms with Crippen LogP contribution in [0.5, 0.6) is 0 Å². The first kappa shape index (κ1) is 61.4. The number of allylic oxidation sites excluding steroid dienone is 14. The van der Waals surface area contributed by atoms with Gasteiger partial charge in [0.05, 0.1) is 25.4 Å². The molecule has 7 atom stereocenters. The number of aliphatic hydroxyl groups excluding tert-OH is 5. The Hall–Kier alpha value is -2.63. The molecule has 1 saturated heterocycles. The number of aliphatic hydroxyl groups is 5. The summed E-state index contributed by atoms with van der Waals surface area (Å²) in [7, 11) is 0. The third kappa shape index (κ3) is 35.5. The molecule has 1 heterocycles. The van der Waals surface area contributed by atoms with Crippen LogP contribution in [-0.4, -0.2) is 87.5 Å². The van der Waals surface area contributed by atoms with Crippen molar-refractivity contribution in [3.63, 3.8) is 0 Å². The van der Waals surface area contributed by atoms with Gasteiger partial charge in [-0.1, -0.05) is 221 Å². The standard InChI is InChI=1S/C57H99NO8/c1-3-5-7-9-11-13-15-17-19-20-21-22-23-24-25-26-27-28-29-30-31-32-33-35-37-39-41-43-45-47-53(61)58-50(49-65-57-56(64)55(63)54(62)52(48-59)66-57)51(60)46-44-42-40-38-36-34-18-16-14-12-10-8-6-4-2/h5,7,11,13,17,19,21-22,24-25,27-28,30-31,50-52,54-57,59-60,62-64H,3-4,6,8-10,12,14-16,18,20,23,26,29,32-49H2,1-2H3,(H,58,61)/b7-5-,13-11-,19-17-,22-21-,25-24-,28-27-,31-30-. The highest BCUT2D eigenvalue weighted by Crippen LogP contribution is 2.23. The van der Waals surface area contributed by atoms with E-state index in [9.17, 15) is 30.3 Å². The van der Waals surface area contributed by atoms with E-state index >= 15 is 0 Å². The molecule has 1 fully saturated rings. The van der Waals surface area contributed by atoms with Gasteiger partial charge in [0.25, 0.3) is 0 Å². The number of ether oxygens (including phenoxy) is 2. The van der Waals surface area contributed by atoms with Gasteiger partial charge in [-0.25, -0.2) is 0 Å². The van der Waals surface area contributed by atoms with Crippen LogP contribution in [-0.2, 0) is 14.3 Å². The van der Waals surface area contributed by atoms with Crippen LogP contribution in [0.2, 0.25) is 0 Å². The van der Waals surface area contributed by atoms with Gasteiger partial charge in [0.1, 0.15) is 24.4 Å². The average molecular weight is 926 g/mol. The molecule has 0 radical (unpaired) electrons. The molecular weight excluding hydrogens is 827 g/mol. The molecule has 1 aliphatic heterocycles. The van der Waals surface area contributed by atoms with Crippen LogP contribution in [0.1, 0.15) is 213 Å². The Labute approximate surface area is 403 Å². The highest BCUT2D eigenvalue weighted by atomic mass is 16.7. The van der Waals surface area contributed by atoms with Gasteiger partial charge >= 0.3 is 0 Å². The van der Waals surface area contributed by atoms with Crippen molar-refractivity contribution in [1.29, 1.82) is 0 Å². The minimum absolute atomic E-state index is 0.147. The van der Waals surface area contributed by atoms with E-state index in [1.54, 1.807) is 0 Å². The number of hydrogen-bond acceptors (Lipinski definition) is 8. The second-order valence-electron chi connectivity index (χ2n) is 18.3. The van der Waals surface area contributed by atoms with Gasteiger partial charge < -0.3 is 40.3 Å². The first-order chi connectivity index (χ1) is 32.3. The Balaban J connectivity index is 2.24. The van der Waals surface area contributed by atoms with Crippen molar-refractivity contribution in [3.8, 4) is 0 Å². The minimum atomic E-state index is -1.56. The van der Waals surface area contributed by atoms with Crippen molar-refractivity contribution in [3.05, 3.63) is 85.1 Å². The van der Waals surface area contributed by atoms with Crippen LogP contribution in [0.15, 0.2) is 85.1 Å². The predicted molar refractivity (Wildman–Crippen MR) is 276 cm³/mol. The zero-order valence-corrected chi connectivity index (χ0v) is 41.9. The second kappa shape index (κ2) is 46.1. The largest absolute Gasteiger partial charge is 0.394 e. The molecule has 0 aromatic rings. The van der Waals surface area contributed by atoms with Crippen LogP contribution < -0.4 is 5.32 Å². The van der Waals surface area contributed by atoms with Gasteiger partial charge in [-0.15, -0.1) is 0 Å². The Morgan fingerprint density at radius 1 is 0.530 bits per heavy atom. The average Bonchev–Trinajstić information content (AvgIpc) is 3.32. The Morgan fingerprint density at radius 3 is 1.39 bits per heavy atom. The summed E-state index contributed by atoms with van der Waals surface area (Å²) < 4.78 is 11.3. The first-order valence-electron chi connectivity index (χ1n) is 26.8. The molecule has 0 bridgehead atoms. The Kier molecular flexibility index (Phi) is 42.9. The maximum Gasteiger partial charge on any atom is 0.220 e. The Bertz CT molecular complexity index is 1300. The van der Waals surface area contributed by atoms with E-state index in [0.29, 0.717) is 12.8 Å². The SMILES string of the molecule is CC/C=C\C/C=C\C/C=C\C/C=C\C/C=C\C/C=C\C/C=C\CCCCCCCCCC(=O)NC(COC1OC(CO)C(O)C(O)C1O)C(O)CCCCCCCCCCCCCCCC. The minimum Gasteiger partial charge on any atom is -0.394 e. The van der Waals surface area contributed by atoms with Crippen molar-refractivity contribution < 1.29 is 39.8 Å². The fourth-order valence-corrected chi connectivity index (χ4v) is 8.02. The molecule has 1 amide bonds. The summed E-state index contributed by atoms with van der Waals surface area (Å²) >= 11 is 0. The van der Waals surface area contributed by atoms with Crippen LogP contribution in [0.3, 0.4) is 0 Å². The van der Waals surface area contributed by atoms with Gasteiger partial charge in [-0.2, -0.15) is 0 Å². The van der Waals surface area contributed by atoms with Crippen molar-refractivity contribution in [2.24, 2.45) is 0 Å². The lowest BCUT2D eigenvalue weighted by atomic mass is 9.99. The summed E-state index contributed by atoms with van der Waals surface area (Å²) in [6.07, 6.45) is 57.3.